The molecule has 0 spiro atoms. The van der Waals surface area contributed by atoms with E-state index in [4.69, 9.17) is 4.74 Å². The molecule has 2 N–H and O–H groups in total. The third-order valence-corrected chi connectivity index (χ3v) is 4.75. The number of nitrogens with one attached hydrogen (secondary N) is 2. The molecule has 0 aromatic heterocycles. The van der Waals surface area contributed by atoms with Gasteiger partial charge in [0.15, 0.2) is 5.92 Å². The highest BCUT2D eigenvalue weighted by Gasteiger charge is 2.40. The first-order valence-corrected chi connectivity index (χ1v) is 9.40. The number of barbiturate groups is 1. The Labute approximate surface area is 179 Å². The van der Waals surface area contributed by atoms with Crippen LogP contribution in [0.3, 0.4) is 0 Å². The van der Waals surface area contributed by atoms with Gasteiger partial charge in [-0.1, -0.05) is 0 Å². The zero-order valence-electron chi connectivity index (χ0n) is 15.1. The van der Waals surface area contributed by atoms with Gasteiger partial charge in [0.1, 0.15) is 5.75 Å². The Morgan fingerprint density at radius 3 is 2.41 bits per heavy atom. The molecule has 1 atom stereocenters. The second kappa shape index (κ2) is 8.82. The van der Waals surface area contributed by atoms with E-state index in [1.807, 2.05) is 0 Å². The molecule has 2 aromatic rings. The molecule has 1 aliphatic heterocycles. The summed E-state index contributed by atoms with van der Waals surface area (Å²) in [5, 5.41) is 5.82. The van der Waals surface area contributed by atoms with Crippen molar-refractivity contribution in [2.45, 2.75) is 0 Å². The van der Waals surface area contributed by atoms with Crippen LogP contribution in [0.2, 0.25) is 0 Å². The van der Waals surface area contributed by atoms with Crippen LogP contribution in [-0.2, 0) is 9.59 Å². The maximum atomic E-state index is 12.7. The molecule has 0 radical (unpaired) electrons. The number of halogens is 1. The van der Waals surface area contributed by atoms with Gasteiger partial charge < -0.3 is 4.74 Å². The van der Waals surface area contributed by atoms with Crippen molar-refractivity contribution in [2.75, 3.05) is 12.0 Å². The summed E-state index contributed by atoms with van der Waals surface area (Å²) in [6.07, 6.45) is 0.991. The lowest BCUT2D eigenvalue weighted by Crippen LogP contribution is -2.58. The summed E-state index contributed by atoms with van der Waals surface area (Å²) in [7, 11) is 1.51. The van der Waals surface area contributed by atoms with Gasteiger partial charge in [-0.25, -0.2) is 15.1 Å². The lowest BCUT2D eigenvalue weighted by Gasteiger charge is -2.28. The first kappa shape index (κ1) is 20.5. The molecule has 0 unspecified atom stereocenters. The standard InChI is InChI=1S/C19H15IN4O5/c1-29-14-8-2-11(3-9-14)16(25)23-21-10-15-17(26)22-19(28)24(18(15)27)13-6-4-12(20)5-7-13/h2-10,15H,1H3,(H,23,25)(H,22,26,28)/b21-10-/t15-/m1/s1. The molecular weight excluding hydrogens is 491 g/mol. The van der Waals surface area contributed by atoms with Gasteiger partial charge in [-0.15, -0.1) is 0 Å². The number of hydrogen-bond donors (Lipinski definition) is 2. The fourth-order valence-electron chi connectivity index (χ4n) is 2.53. The third kappa shape index (κ3) is 4.59. The summed E-state index contributed by atoms with van der Waals surface area (Å²) >= 11 is 2.09. The monoisotopic (exact) mass is 506 g/mol. The molecule has 1 heterocycles. The van der Waals surface area contributed by atoms with Crippen LogP contribution in [0.15, 0.2) is 53.6 Å². The highest BCUT2D eigenvalue weighted by Crippen LogP contribution is 2.21. The Balaban J connectivity index is 1.72. The van der Waals surface area contributed by atoms with Crippen LogP contribution >= 0.6 is 22.6 Å². The number of imide groups is 2. The molecule has 1 fully saturated rings. The molecule has 0 bridgehead atoms. The van der Waals surface area contributed by atoms with Crippen molar-refractivity contribution in [1.82, 2.24) is 10.7 Å². The number of amides is 5. The van der Waals surface area contributed by atoms with E-state index in [1.54, 1.807) is 48.5 Å². The fraction of sp³-hybridized carbons (Fsp3) is 0.105. The number of methoxy groups -OCH3 is 1. The van der Waals surface area contributed by atoms with E-state index in [2.05, 4.69) is 38.4 Å². The average molecular weight is 506 g/mol. The molecule has 3 rings (SSSR count). The van der Waals surface area contributed by atoms with Gasteiger partial charge in [0.05, 0.1) is 12.8 Å². The molecule has 1 saturated heterocycles. The summed E-state index contributed by atoms with van der Waals surface area (Å²) in [4.78, 5) is 49.8. The zero-order chi connectivity index (χ0) is 21.0. The van der Waals surface area contributed by atoms with Crippen molar-refractivity contribution < 1.29 is 23.9 Å². The number of anilines is 1. The van der Waals surface area contributed by atoms with Crippen molar-refractivity contribution in [3.63, 3.8) is 0 Å². The van der Waals surface area contributed by atoms with Crippen molar-refractivity contribution >= 4 is 58.2 Å². The summed E-state index contributed by atoms with van der Waals surface area (Å²) < 4.78 is 5.94. The number of carbonyl (C=O) groups excluding carboxylic acids is 4. The Hall–Kier alpha value is -3.28. The number of hydrogen-bond acceptors (Lipinski definition) is 6. The minimum Gasteiger partial charge on any atom is -0.497 e. The van der Waals surface area contributed by atoms with Gasteiger partial charge in [-0.3, -0.25) is 19.7 Å². The summed E-state index contributed by atoms with van der Waals surface area (Å²) in [5.41, 5.74) is 2.89. The number of rotatable bonds is 5. The first-order valence-electron chi connectivity index (χ1n) is 8.32. The Morgan fingerprint density at radius 1 is 1.14 bits per heavy atom. The predicted molar refractivity (Wildman–Crippen MR) is 113 cm³/mol. The van der Waals surface area contributed by atoms with E-state index in [0.717, 1.165) is 14.7 Å². The zero-order valence-corrected chi connectivity index (χ0v) is 17.2. The van der Waals surface area contributed by atoms with Crippen LogP contribution < -0.4 is 20.4 Å². The van der Waals surface area contributed by atoms with Gasteiger partial charge in [0, 0.05) is 15.3 Å². The number of urea groups is 1. The topological polar surface area (TPSA) is 117 Å². The van der Waals surface area contributed by atoms with Crippen LogP contribution in [0.25, 0.3) is 0 Å². The molecule has 148 valence electrons. The molecule has 5 amide bonds. The summed E-state index contributed by atoms with van der Waals surface area (Å²) in [6.45, 7) is 0. The largest absolute Gasteiger partial charge is 0.497 e. The molecule has 9 nitrogen and oxygen atoms in total. The summed E-state index contributed by atoms with van der Waals surface area (Å²) in [5.74, 6) is -2.87. The molecule has 10 heteroatoms. The maximum Gasteiger partial charge on any atom is 0.335 e. The number of benzene rings is 2. The van der Waals surface area contributed by atoms with Gasteiger partial charge in [-0.2, -0.15) is 5.10 Å². The van der Waals surface area contributed by atoms with Crippen LogP contribution in [0.1, 0.15) is 10.4 Å². The number of hydrazone groups is 1. The second-order valence-electron chi connectivity index (χ2n) is 5.87. The Morgan fingerprint density at radius 2 is 1.79 bits per heavy atom. The number of carbonyl (C=O) groups is 4. The Bertz CT molecular complexity index is 989. The van der Waals surface area contributed by atoms with Crippen molar-refractivity contribution in [3.8, 4) is 5.75 Å². The minimum absolute atomic E-state index is 0.318. The lowest BCUT2D eigenvalue weighted by atomic mass is 10.1. The quantitative estimate of drug-likeness (QED) is 0.278. The molecular formula is C19H15IN4O5. The highest BCUT2D eigenvalue weighted by molar-refractivity contribution is 14.1. The molecule has 29 heavy (non-hydrogen) atoms. The SMILES string of the molecule is COc1ccc(C(=O)N/N=C\[C@@H]2C(=O)NC(=O)N(c3ccc(I)cc3)C2=O)cc1. The predicted octanol–water partition coefficient (Wildman–Crippen LogP) is 1.91. The van der Waals surface area contributed by atoms with Crippen molar-refractivity contribution in [3.05, 3.63) is 57.7 Å². The lowest BCUT2D eigenvalue weighted by molar-refractivity contribution is -0.131. The Kier molecular flexibility index (Phi) is 6.22. The number of ether oxygens (including phenoxy) is 1. The number of nitrogens with zero attached hydrogens (tertiary/aromatic N) is 2. The van der Waals surface area contributed by atoms with Crippen LogP contribution in [0, 0.1) is 9.49 Å². The van der Waals surface area contributed by atoms with Crippen LogP contribution in [0.5, 0.6) is 5.75 Å². The van der Waals surface area contributed by atoms with E-state index >= 15 is 0 Å². The van der Waals surface area contributed by atoms with E-state index in [0.29, 0.717) is 17.0 Å². The molecule has 0 saturated carbocycles. The molecule has 1 aliphatic rings. The molecule has 2 aromatic carbocycles. The minimum atomic E-state index is -1.36. The van der Waals surface area contributed by atoms with Crippen LogP contribution in [0.4, 0.5) is 10.5 Å². The third-order valence-electron chi connectivity index (χ3n) is 4.03. The second-order valence-corrected chi connectivity index (χ2v) is 7.12. The smallest absolute Gasteiger partial charge is 0.335 e. The molecule has 0 aliphatic carbocycles. The fourth-order valence-corrected chi connectivity index (χ4v) is 2.89. The van der Waals surface area contributed by atoms with Crippen molar-refractivity contribution in [1.29, 1.82) is 0 Å². The van der Waals surface area contributed by atoms with Gasteiger partial charge >= 0.3 is 6.03 Å². The van der Waals surface area contributed by atoms with Gasteiger partial charge in [0.25, 0.3) is 11.8 Å². The van der Waals surface area contributed by atoms with Crippen molar-refractivity contribution in [2.24, 2.45) is 11.0 Å². The first-order chi connectivity index (χ1) is 13.9. The normalized spacial score (nSPS) is 16.7. The van der Waals surface area contributed by atoms with E-state index in [9.17, 15) is 19.2 Å². The van der Waals surface area contributed by atoms with E-state index in [1.165, 1.54) is 7.11 Å². The summed E-state index contributed by atoms with van der Waals surface area (Å²) in [6, 6.07) is 12.1. The maximum absolute atomic E-state index is 12.7. The van der Waals surface area contributed by atoms with Crippen LogP contribution in [-0.4, -0.2) is 37.1 Å². The average Bonchev–Trinajstić information content (AvgIpc) is 2.71. The van der Waals surface area contributed by atoms with E-state index < -0.39 is 29.7 Å². The van der Waals surface area contributed by atoms with Gasteiger partial charge in [-0.05, 0) is 71.1 Å². The highest BCUT2D eigenvalue weighted by atomic mass is 127. The van der Waals surface area contributed by atoms with Gasteiger partial charge in [0.2, 0.25) is 5.91 Å². The van der Waals surface area contributed by atoms with E-state index in [-0.39, 0.29) is 0 Å².